The molecule has 0 bridgehead atoms. The van der Waals surface area contributed by atoms with E-state index in [4.69, 9.17) is 5.11 Å². The van der Waals surface area contributed by atoms with E-state index in [0.29, 0.717) is 6.54 Å². The molecule has 2 N–H and O–H groups in total. The van der Waals surface area contributed by atoms with Crippen LogP contribution in [-0.4, -0.2) is 31.2 Å². The first-order valence-corrected chi connectivity index (χ1v) is 7.08. The van der Waals surface area contributed by atoms with Gasteiger partial charge in [0.05, 0.1) is 6.61 Å². The molecule has 1 unspecified atom stereocenters. The summed E-state index contributed by atoms with van der Waals surface area (Å²) in [6, 6.07) is 7.71. The van der Waals surface area contributed by atoms with Gasteiger partial charge in [0.1, 0.15) is 0 Å². The lowest BCUT2D eigenvalue weighted by atomic mass is 9.93. The standard InChI is InChI=1S/C16H22N2O2/c1-18(11-12-19)15-9-7-14(8-10-15)17-16(20)13-5-3-2-4-6-13/h2-3,7-10,13,19H,4-6,11-12H2,1H3,(H,17,20). The average molecular weight is 274 g/mol. The molecule has 108 valence electrons. The van der Waals surface area contributed by atoms with Crippen molar-refractivity contribution in [1.82, 2.24) is 0 Å². The van der Waals surface area contributed by atoms with E-state index in [1.807, 2.05) is 36.2 Å². The van der Waals surface area contributed by atoms with E-state index in [1.54, 1.807) is 0 Å². The van der Waals surface area contributed by atoms with Crippen molar-refractivity contribution in [3.8, 4) is 0 Å². The number of hydrogen-bond donors (Lipinski definition) is 2. The number of rotatable bonds is 5. The minimum absolute atomic E-state index is 0.0942. The molecule has 0 saturated carbocycles. The van der Waals surface area contributed by atoms with Gasteiger partial charge in [-0.05, 0) is 43.5 Å². The predicted octanol–water partition coefficient (Wildman–Crippen LogP) is 2.41. The lowest BCUT2D eigenvalue weighted by Crippen LogP contribution is -2.23. The quantitative estimate of drug-likeness (QED) is 0.811. The van der Waals surface area contributed by atoms with Crippen molar-refractivity contribution in [1.29, 1.82) is 0 Å². The molecule has 1 aromatic carbocycles. The Hall–Kier alpha value is -1.81. The molecule has 4 nitrogen and oxygen atoms in total. The number of anilines is 2. The minimum Gasteiger partial charge on any atom is -0.395 e. The van der Waals surface area contributed by atoms with Crippen LogP contribution in [-0.2, 0) is 4.79 Å². The van der Waals surface area contributed by atoms with Crippen molar-refractivity contribution in [2.45, 2.75) is 19.3 Å². The molecule has 1 aliphatic carbocycles. The third-order valence-electron chi connectivity index (χ3n) is 3.65. The summed E-state index contributed by atoms with van der Waals surface area (Å²) in [5, 5.41) is 11.9. The second-order valence-electron chi connectivity index (χ2n) is 5.16. The van der Waals surface area contributed by atoms with Crippen molar-refractivity contribution in [3.05, 3.63) is 36.4 Å². The molecule has 0 aliphatic heterocycles. The van der Waals surface area contributed by atoms with Crippen molar-refractivity contribution < 1.29 is 9.90 Å². The lowest BCUT2D eigenvalue weighted by molar-refractivity contribution is -0.120. The molecule has 1 amide bonds. The highest BCUT2D eigenvalue weighted by Crippen LogP contribution is 2.21. The molecule has 0 spiro atoms. The Balaban J connectivity index is 1.93. The lowest BCUT2D eigenvalue weighted by Gasteiger charge is -2.19. The van der Waals surface area contributed by atoms with Crippen LogP contribution >= 0.6 is 0 Å². The van der Waals surface area contributed by atoms with Crippen LogP contribution in [0, 0.1) is 5.92 Å². The summed E-state index contributed by atoms with van der Waals surface area (Å²) in [7, 11) is 1.93. The summed E-state index contributed by atoms with van der Waals surface area (Å²) >= 11 is 0. The largest absolute Gasteiger partial charge is 0.395 e. The second kappa shape index (κ2) is 7.10. The van der Waals surface area contributed by atoms with Gasteiger partial charge in [-0.1, -0.05) is 12.2 Å². The maximum absolute atomic E-state index is 12.1. The van der Waals surface area contributed by atoms with Gasteiger partial charge in [-0.3, -0.25) is 4.79 Å². The fraction of sp³-hybridized carbons (Fsp3) is 0.438. The summed E-state index contributed by atoms with van der Waals surface area (Å²) in [6.45, 7) is 0.726. The smallest absolute Gasteiger partial charge is 0.227 e. The molecular formula is C16H22N2O2. The Morgan fingerprint density at radius 2 is 2.10 bits per heavy atom. The van der Waals surface area contributed by atoms with Crippen molar-refractivity contribution in [2.75, 3.05) is 30.4 Å². The van der Waals surface area contributed by atoms with E-state index < -0.39 is 0 Å². The monoisotopic (exact) mass is 274 g/mol. The van der Waals surface area contributed by atoms with Crippen molar-refractivity contribution in [3.63, 3.8) is 0 Å². The third kappa shape index (κ3) is 3.84. The summed E-state index contributed by atoms with van der Waals surface area (Å²) in [5.41, 5.74) is 1.85. The molecule has 2 rings (SSSR count). The Labute approximate surface area is 120 Å². The molecule has 0 fully saturated rings. The van der Waals surface area contributed by atoms with Crippen LogP contribution in [0.25, 0.3) is 0 Å². The summed E-state index contributed by atoms with van der Waals surface area (Å²) < 4.78 is 0. The number of amides is 1. The van der Waals surface area contributed by atoms with E-state index in [0.717, 1.165) is 30.6 Å². The fourth-order valence-corrected chi connectivity index (χ4v) is 2.35. The van der Waals surface area contributed by atoms with Gasteiger partial charge < -0.3 is 15.3 Å². The van der Waals surface area contributed by atoms with Crippen LogP contribution in [0.4, 0.5) is 11.4 Å². The van der Waals surface area contributed by atoms with E-state index in [-0.39, 0.29) is 18.4 Å². The fourth-order valence-electron chi connectivity index (χ4n) is 2.35. The molecule has 20 heavy (non-hydrogen) atoms. The van der Waals surface area contributed by atoms with Crippen LogP contribution in [0.15, 0.2) is 36.4 Å². The van der Waals surface area contributed by atoms with Crippen LogP contribution in [0.2, 0.25) is 0 Å². The molecular weight excluding hydrogens is 252 g/mol. The molecule has 0 aromatic heterocycles. The first-order chi connectivity index (χ1) is 9.70. The van der Waals surface area contributed by atoms with Crippen molar-refractivity contribution >= 4 is 17.3 Å². The van der Waals surface area contributed by atoms with Crippen LogP contribution in [0.3, 0.4) is 0 Å². The van der Waals surface area contributed by atoms with E-state index in [2.05, 4.69) is 17.5 Å². The molecule has 4 heteroatoms. The number of nitrogens with one attached hydrogen (secondary N) is 1. The number of aliphatic hydroxyl groups excluding tert-OH is 1. The van der Waals surface area contributed by atoms with Crippen LogP contribution < -0.4 is 10.2 Å². The number of carbonyl (C=O) groups is 1. The normalized spacial score (nSPS) is 17.8. The number of aliphatic hydroxyl groups is 1. The Morgan fingerprint density at radius 1 is 1.35 bits per heavy atom. The van der Waals surface area contributed by atoms with E-state index >= 15 is 0 Å². The van der Waals surface area contributed by atoms with Gasteiger partial charge in [0.2, 0.25) is 5.91 Å². The number of nitrogens with zero attached hydrogens (tertiary/aromatic N) is 1. The topological polar surface area (TPSA) is 52.6 Å². The van der Waals surface area contributed by atoms with Crippen LogP contribution in [0.5, 0.6) is 0 Å². The maximum Gasteiger partial charge on any atom is 0.227 e. The first-order valence-electron chi connectivity index (χ1n) is 7.08. The zero-order valence-electron chi connectivity index (χ0n) is 11.9. The van der Waals surface area contributed by atoms with Gasteiger partial charge >= 0.3 is 0 Å². The zero-order chi connectivity index (χ0) is 14.4. The highest BCUT2D eigenvalue weighted by Gasteiger charge is 2.18. The Bertz CT molecular complexity index is 468. The number of carbonyl (C=O) groups excluding carboxylic acids is 1. The predicted molar refractivity (Wildman–Crippen MR) is 81.9 cm³/mol. The number of hydrogen-bond acceptors (Lipinski definition) is 3. The molecule has 1 atom stereocenters. The van der Waals surface area contributed by atoms with Gasteiger partial charge in [0, 0.05) is 30.9 Å². The van der Waals surface area contributed by atoms with E-state index in [1.165, 1.54) is 0 Å². The van der Waals surface area contributed by atoms with Crippen molar-refractivity contribution in [2.24, 2.45) is 5.92 Å². The number of allylic oxidation sites excluding steroid dienone is 2. The Kier molecular flexibility index (Phi) is 5.18. The minimum atomic E-state index is 0.0942. The maximum atomic E-state index is 12.1. The second-order valence-corrected chi connectivity index (χ2v) is 5.16. The number of benzene rings is 1. The highest BCUT2D eigenvalue weighted by molar-refractivity contribution is 5.92. The summed E-state index contributed by atoms with van der Waals surface area (Å²) in [6.07, 6.45) is 6.97. The molecule has 1 aliphatic rings. The molecule has 0 heterocycles. The van der Waals surface area contributed by atoms with E-state index in [9.17, 15) is 4.79 Å². The molecule has 0 saturated heterocycles. The zero-order valence-corrected chi connectivity index (χ0v) is 11.9. The first kappa shape index (κ1) is 14.6. The average Bonchev–Trinajstić information content (AvgIpc) is 2.49. The molecule has 1 aromatic rings. The Morgan fingerprint density at radius 3 is 2.70 bits per heavy atom. The van der Waals surface area contributed by atoms with Gasteiger partial charge in [-0.2, -0.15) is 0 Å². The van der Waals surface area contributed by atoms with Gasteiger partial charge in [0.25, 0.3) is 0 Å². The van der Waals surface area contributed by atoms with Gasteiger partial charge in [0.15, 0.2) is 0 Å². The van der Waals surface area contributed by atoms with Crippen LogP contribution in [0.1, 0.15) is 19.3 Å². The number of likely N-dealkylation sites (N-methyl/N-ethyl adjacent to an activating group) is 1. The van der Waals surface area contributed by atoms with Gasteiger partial charge in [-0.15, -0.1) is 0 Å². The molecule has 0 radical (unpaired) electrons. The third-order valence-corrected chi connectivity index (χ3v) is 3.65. The highest BCUT2D eigenvalue weighted by atomic mass is 16.3. The van der Waals surface area contributed by atoms with Gasteiger partial charge in [-0.25, -0.2) is 0 Å². The SMILES string of the molecule is CN(CCO)c1ccc(NC(=O)C2CC=CCC2)cc1. The summed E-state index contributed by atoms with van der Waals surface area (Å²) in [5.74, 6) is 0.197. The summed E-state index contributed by atoms with van der Waals surface area (Å²) in [4.78, 5) is 14.1.